The van der Waals surface area contributed by atoms with Gasteiger partial charge in [-0.2, -0.15) is 0 Å². The lowest BCUT2D eigenvalue weighted by Gasteiger charge is -2.20. The van der Waals surface area contributed by atoms with Gasteiger partial charge in [0.15, 0.2) is 11.5 Å². The van der Waals surface area contributed by atoms with Crippen molar-refractivity contribution in [3.8, 4) is 11.5 Å². The van der Waals surface area contributed by atoms with Crippen LogP contribution in [0, 0.1) is 0 Å². The number of phenols is 1. The number of anilines is 1. The third-order valence-electron chi connectivity index (χ3n) is 3.41. The molecular formula is C18H20N2O5. The molecule has 2 rings (SSSR count). The summed E-state index contributed by atoms with van der Waals surface area (Å²) in [4.78, 5) is 23.4. The van der Waals surface area contributed by atoms with Crippen molar-refractivity contribution < 1.29 is 24.2 Å². The first-order valence-corrected chi connectivity index (χ1v) is 7.63. The molecule has 0 aliphatic rings. The van der Waals surface area contributed by atoms with E-state index < -0.39 is 18.0 Å². The summed E-state index contributed by atoms with van der Waals surface area (Å²) in [5.74, 6) is -0.355. The van der Waals surface area contributed by atoms with Crippen molar-refractivity contribution in [2.24, 2.45) is 0 Å². The Kier molecular flexibility index (Phi) is 6.22. The summed E-state index contributed by atoms with van der Waals surface area (Å²) in [5, 5.41) is 15.1. The fourth-order valence-corrected chi connectivity index (χ4v) is 2.26. The number of methoxy groups -OCH3 is 1. The van der Waals surface area contributed by atoms with Crippen LogP contribution in [0.15, 0.2) is 48.5 Å². The minimum Gasteiger partial charge on any atom is -0.504 e. The smallest absolute Gasteiger partial charge is 0.319 e. The number of hydrogen-bond donors (Lipinski definition) is 3. The number of phenolic OH excluding ortho intramolecular Hbond substituents is 1. The number of carbonyl (C=O) groups is 2. The molecule has 0 aromatic heterocycles. The Morgan fingerprint density at radius 3 is 2.48 bits per heavy atom. The van der Waals surface area contributed by atoms with E-state index in [1.165, 1.54) is 20.1 Å². The normalized spacial score (nSPS) is 11.3. The lowest BCUT2D eigenvalue weighted by molar-refractivity contribution is -0.141. The molecule has 0 fully saturated rings. The number of urea groups is 1. The molecule has 2 aromatic carbocycles. The molecule has 2 aromatic rings. The molecule has 0 bridgehead atoms. The molecule has 7 heteroatoms. The molecule has 0 radical (unpaired) electrons. The zero-order valence-electron chi connectivity index (χ0n) is 14.0. The van der Waals surface area contributed by atoms with Crippen molar-refractivity contribution in [2.75, 3.05) is 19.0 Å². The summed E-state index contributed by atoms with van der Waals surface area (Å²) in [7, 11) is 1.39. The van der Waals surface area contributed by atoms with E-state index in [1.807, 2.05) is 30.3 Å². The number of benzene rings is 2. The van der Waals surface area contributed by atoms with Crippen LogP contribution < -0.4 is 15.4 Å². The van der Waals surface area contributed by atoms with Crippen LogP contribution in [-0.2, 0) is 9.53 Å². The van der Waals surface area contributed by atoms with Gasteiger partial charge >= 0.3 is 12.0 Å². The Labute approximate surface area is 145 Å². The van der Waals surface area contributed by atoms with Gasteiger partial charge in [-0.25, -0.2) is 4.79 Å². The molecule has 3 N–H and O–H groups in total. The molecule has 0 saturated heterocycles. The van der Waals surface area contributed by atoms with Crippen LogP contribution in [0.4, 0.5) is 10.5 Å². The average molecular weight is 344 g/mol. The zero-order valence-corrected chi connectivity index (χ0v) is 14.0. The van der Waals surface area contributed by atoms with Gasteiger partial charge in [0.1, 0.15) is 6.61 Å². The van der Waals surface area contributed by atoms with Gasteiger partial charge in [-0.1, -0.05) is 36.4 Å². The molecule has 1 atom stereocenters. The first-order chi connectivity index (χ1) is 12.0. The van der Waals surface area contributed by atoms with Crippen LogP contribution in [-0.4, -0.2) is 30.8 Å². The average Bonchev–Trinajstić information content (AvgIpc) is 2.59. The van der Waals surface area contributed by atoms with Gasteiger partial charge in [-0.15, -0.1) is 0 Å². The summed E-state index contributed by atoms with van der Waals surface area (Å²) in [6, 6.07) is 12.7. The highest BCUT2D eigenvalue weighted by Crippen LogP contribution is 2.33. The van der Waals surface area contributed by atoms with E-state index in [1.54, 1.807) is 12.1 Å². The van der Waals surface area contributed by atoms with E-state index in [0.29, 0.717) is 5.69 Å². The first-order valence-electron chi connectivity index (χ1n) is 7.63. The van der Waals surface area contributed by atoms with Gasteiger partial charge < -0.3 is 25.2 Å². The van der Waals surface area contributed by atoms with Gasteiger partial charge in [0.25, 0.3) is 0 Å². The van der Waals surface area contributed by atoms with Crippen molar-refractivity contribution >= 4 is 17.7 Å². The highest BCUT2D eigenvalue weighted by atomic mass is 16.5. The Morgan fingerprint density at radius 1 is 1.12 bits per heavy atom. The molecule has 0 aliphatic carbocycles. The van der Waals surface area contributed by atoms with Crippen LogP contribution in [0.2, 0.25) is 0 Å². The molecule has 0 saturated carbocycles. The molecule has 2 amide bonds. The van der Waals surface area contributed by atoms with E-state index in [4.69, 9.17) is 9.47 Å². The number of para-hydroxylation sites is 1. The number of ether oxygens (including phenoxy) is 2. The molecular weight excluding hydrogens is 324 g/mol. The van der Waals surface area contributed by atoms with Crippen LogP contribution >= 0.6 is 0 Å². The van der Waals surface area contributed by atoms with Gasteiger partial charge in [-0.05, 0) is 17.7 Å². The maximum atomic E-state index is 12.3. The number of hydrogen-bond acceptors (Lipinski definition) is 5. The summed E-state index contributed by atoms with van der Waals surface area (Å²) in [6.45, 7) is 1.31. The number of nitrogens with one attached hydrogen (secondary N) is 2. The number of aromatic hydroxyl groups is 1. The van der Waals surface area contributed by atoms with E-state index in [-0.39, 0.29) is 18.1 Å². The molecule has 0 spiro atoms. The maximum Gasteiger partial charge on any atom is 0.319 e. The predicted octanol–water partition coefficient (Wildman–Crippen LogP) is 2.83. The van der Waals surface area contributed by atoms with Crippen molar-refractivity contribution in [3.05, 3.63) is 54.1 Å². The molecule has 0 heterocycles. The zero-order chi connectivity index (χ0) is 18.2. The summed E-state index contributed by atoms with van der Waals surface area (Å²) < 4.78 is 10.1. The van der Waals surface area contributed by atoms with Gasteiger partial charge in [-0.3, -0.25) is 4.79 Å². The van der Waals surface area contributed by atoms with Crippen LogP contribution in [0.1, 0.15) is 18.5 Å². The van der Waals surface area contributed by atoms with Crippen LogP contribution in [0.3, 0.4) is 0 Å². The van der Waals surface area contributed by atoms with Crippen molar-refractivity contribution in [1.82, 2.24) is 5.32 Å². The first kappa shape index (κ1) is 18.1. The van der Waals surface area contributed by atoms with Gasteiger partial charge in [0.05, 0.1) is 18.8 Å². The second kappa shape index (κ2) is 8.58. The maximum absolute atomic E-state index is 12.3. The predicted molar refractivity (Wildman–Crippen MR) is 92.6 cm³/mol. The highest BCUT2D eigenvalue weighted by molar-refractivity contribution is 5.91. The summed E-state index contributed by atoms with van der Waals surface area (Å²) >= 11 is 0. The van der Waals surface area contributed by atoms with Crippen LogP contribution in [0.5, 0.6) is 11.5 Å². The van der Waals surface area contributed by atoms with Crippen LogP contribution in [0.25, 0.3) is 0 Å². The van der Waals surface area contributed by atoms with Gasteiger partial charge in [0, 0.05) is 6.92 Å². The standard InChI is InChI=1S/C18H20N2O5/c1-12(21)25-11-15(13-7-4-3-5-8-13)20-18(23)19-14-9-6-10-16(22)17(14)24-2/h3-10,15,22H,11H2,1-2H3,(H2,19,20,23)/t15-/m0/s1. The number of rotatable bonds is 6. The van der Waals surface area contributed by atoms with E-state index in [9.17, 15) is 14.7 Å². The number of carbonyl (C=O) groups excluding carboxylic acids is 2. The Hall–Kier alpha value is -3.22. The molecule has 132 valence electrons. The third kappa shape index (κ3) is 5.13. The Bertz CT molecular complexity index is 734. The van der Waals surface area contributed by atoms with E-state index in [2.05, 4.69) is 10.6 Å². The molecule has 0 aliphatic heterocycles. The monoisotopic (exact) mass is 344 g/mol. The van der Waals surface area contributed by atoms with E-state index >= 15 is 0 Å². The Morgan fingerprint density at radius 2 is 1.84 bits per heavy atom. The fraction of sp³-hybridized carbons (Fsp3) is 0.222. The third-order valence-corrected chi connectivity index (χ3v) is 3.41. The van der Waals surface area contributed by atoms with Crippen molar-refractivity contribution in [1.29, 1.82) is 0 Å². The SMILES string of the molecule is COc1c(O)cccc1NC(=O)N[C@@H](COC(C)=O)c1ccccc1. The molecule has 25 heavy (non-hydrogen) atoms. The lowest BCUT2D eigenvalue weighted by atomic mass is 10.1. The van der Waals surface area contributed by atoms with Crippen molar-refractivity contribution in [3.63, 3.8) is 0 Å². The largest absolute Gasteiger partial charge is 0.504 e. The minimum atomic E-state index is -0.523. The number of esters is 1. The summed E-state index contributed by atoms with van der Waals surface area (Å²) in [6.07, 6.45) is 0. The molecule has 0 unspecified atom stereocenters. The van der Waals surface area contributed by atoms with E-state index in [0.717, 1.165) is 5.56 Å². The topological polar surface area (TPSA) is 96.9 Å². The number of amides is 2. The quantitative estimate of drug-likeness (QED) is 0.700. The van der Waals surface area contributed by atoms with Crippen molar-refractivity contribution in [2.45, 2.75) is 13.0 Å². The Balaban J connectivity index is 2.11. The lowest BCUT2D eigenvalue weighted by Crippen LogP contribution is -2.35. The fourth-order valence-electron chi connectivity index (χ4n) is 2.26. The summed E-state index contributed by atoms with van der Waals surface area (Å²) in [5.41, 5.74) is 1.11. The van der Waals surface area contributed by atoms with Gasteiger partial charge in [0.2, 0.25) is 0 Å². The highest BCUT2D eigenvalue weighted by Gasteiger charge is 2.17. The second-order valence-electron chi connectivity index (χ2n) is 5.22. The minimum absolute atomic E-state index is 0.00391. The molecule has 7 nitrogen and oxygen atoms in total. The second-order valence-corrected chi connectivity index (χ2v) is 5.22.